The Hall–Kier alpha value is -1.39. The molecule has 1 aromatic rings. The predicted octanol–water partition coefficient (Wildman–Crippen LogP) is 2.49. The van der Waals surface area contributed by atoms with Gasteiger partial charge in [0.25, 0.3) is 0 Å². The highest BCUT2D eigenvalue weighted by atomic mass is 16.3. The maximum absolute atomic E-state index is 12.8. The van der Waals surface area contributed by atoms with E-state index in [2.05, 4.69) is 19.2 Å². The highest BCUT2D eigenvalue weighted by Crippen LogP contribution is 2.23. The van der Waals surface area contributed by atoms with Crippen LogP contribution in [-0.2, 0) is 4.79 Å². The molecule has 1 heterocycles. The molecule has 2 rings (SSSR count). The van der Waals surface area contributed by atoms with Gasteiger partial charge in [-0.2, -0.15) is 0 Å². The fourth-order valence-corrected chi connectivity index (χ4v) is 3.39. The lowest BCUT2D eigenvalue weighted by atomic mass is 9.96. The SMILES string of the molecule is C[C@H](N[C@@H](CO)c1ccccc1)C(=O)N1[C@H](C)CCC[C@@H]1C. The second-order valence-electron chi connectivity index (χ2n) is 6.41. The standard InChI is InChI=1S/C18H28N2O2/c1-13-8-7-9-14(2)20(13)18(22)15(3)19-17(12-21)16-10-5-4-6-11-16/h4-6,10-11,13-15,17,19,21H,7-9,12H2,1-3H3/t13-,14+,15-,17-/m0/s1. The van der Waals surface area contributed by atoms with Crippen LogP contribution in [0.15, 0.2) is 30.3 Å². The number of rotatable bonds is 5. The third-order valence-electron chi connectivity index (χ3n) is 4.65. The highest BCUT2D eigenvalue weighted by Gasteiger charge is 2.32. The van der Waals surface area contributed by atoms with E-state index in [9.17, 15) is 9.90 Å². The van der Waals surface area contributed by atoms with Crippen molar-refractivity contribution in [2.45, 2.75) is 64.2 Å². The van der Waals surface area contributed by atoms with Crippen molar-refractivity contribution in [1.29, 1.82) is 0 Å². The number of hydrogen-bond acceptors (Lipinski definition) is 3. The lowest BCUT2D eigenvalue weighted by molar-refractivity contribution is -0.139. The first-order valence-corrected chi connectivity index (χ1v) is 8.28. The Morgan fingerprint density at radius 1 is 1.27 bits per heavy atom. The average Bonchev–Trinajstić information content (AvgIpc) is 2.52. The van der Waals surface area contributed by atoms with Gasteiger partial charge in [0.2, 0.25) is 5.91 Å². The molecule has 1 amide bonds. The Kier molecular flexibility index (Phi) is 5.98. The summed E-state index contributed by atoms with van der Waals surface area (Å²) in [7, 11) is 0. The van der Waals surface area contributed by atoms with Crippen LogP contribution in [0.3, 0.4) is 0 Å². The van der Waals surface area contributed by atoms with E-state index in [-0.39, 0.29) is 24.6 Å². The smallest absolute Gasteiger partial charge is 0.239 e. The molecule has 0 unspecified atom stereocenters. The normalized spacial score (nSPS) is 24.8. The molecule has 1 aliphatic rings. The predicted molar refractivity (Wildman–Crippen MR) is 88.5 cm³/mol. The molecular formula is C18H28N2O2. The number of likely N-dealkylation sites (tertiary alicyclic amines) is 1. The highest BCUT2D eigenvalue weighted by molar-refractivity contribution is 5.82. The van der Waals surface area contributed by atoms with Crippen molar-refractivity contribution in [2.24, 2.45) is 0 Å². The molecule has 0 spiro atoms. The molecule has 122 valence electrons. The van der Waals surface area contributed by atoms with Crippen LogP contribution in [0, 0.1) is 0 Å². The molecule has 4 nitrogen and oxygen atoms in total. The van der Waals surface area contributed by atoms with Crippen molar-refractivity contribution in [1.82, 2.24) is 10.2 Å². The summed E-state index contributed by atoms with van der Waals surface area (Å²) in [5.41, 5.74) is 1.00. The second kappa shape index (κ2) is 7.75. The van der Waals surface area contributed by atoms with Gasteiger partial charge in [-0.3, -0.25) is 10.1 Å². The van der Waals surface area contributed by atoms with E-state index < -0.39 is 0 Å². The van der Waals surface area contributed by atoms with Crippen molar-refractivity contribution >= 4 is 5.91 Å². The van der Waals surface area contributed by atoms with E-state index >= 15 is 0 Å². The third kappa shape index (κ3) is 3.87. The quantitative estimate of drug-likeness (QED) is 0.879. The molecule has 1 aromatic carbocycles. The van der Waals surface area contributed by atoms with Crippen molar-refractivity contribution < 1.29 is 9.90 Å². The molecule has 2 N–H and O–H groups in total. The lowest BCUT2D eigenvalue weighted by Gasteiger charge is -2.41. The maximum atomic E-state index is 12.8. The molecule has 0 aliphatic carbocycles. The first-order chi connectivity index (χ1) is 10.5. The van der Waals surface area contributed by atoms with Gasteiger partial charge in [-0.1, -0.05) is 30.3 Å². The topological polar surface area (TPSA) is 52.6 Å². The van der Waals surface area contributed by atoms with Crippen LogP contribution in [0.2, 0.25) is 0 Å². The van der Waals surface area contributed by atoms with Crippen LogP contribution in [0.5, 0.6) is 0 Å². The number of nitrogens with zero attached hydrogens (tertiary/aromatic N) is 1. The Morgan fingerprint density at radius 2 is 1.86 bits per heavy atom. The first kappa shape index (κ1) is 17.0. The van der Waals surface area contributed by atoms with Gasteiger partial charge >= 0.3 is 0 Å². The molecule has 0 saturated carbocycles. The molecule has 1 aliphatic heterocycles. The summed E-state index contributed by atoms with van der Waals surface area (Å²) in [6.07, 6.45) is 3.34. The summed E-state index contributed by atoms with van der Waals surface area (Å²) >= 11 is 0. The molecule has 0 bridgehead atoms. The fourth-order valence-electron chi connectivity index (χ4n) is 3.39. The number of aliphatic hydroxyl groups is 1. The van der Waals surface area contributed by atoms with Crippen molar-refractivity contribution in [3.63, 3.8) is 0 Å². The van der Waals surface area contributed by atoms with Gasteiger partial charge in [0.15, 0.2) is 0 Å². The lowest BCUT2D eigenvalue weighted by Crippen LogP contribution is -2.54. The zero-order valence-electron chi connectivity index (χ0n) is 13.8. The van der Waals surface area contributed by atoms with Gasteiger partial charge in [0, 0.05) is 12.1 Å². The molecule has 0 radical (unpaired) electrons. The number of piperidine rings is 1. The number of benzene rings is 1. The van der Waals surface area contributed by atoms with E-state index in [0.717, 1.165) is 18.4 Å². The summed E-state index contributed by atoms with van der Waals surface area (Å²) in [6.45, 7) is 6.12. The number of amides is 1. The zero-order chi connectivity index (χ0) is 16.1. The Morgan fingerprint density at radius 3 is 2.41 bits per heavy atom. The molecule has 22 heavy (non-hydrogen) atoms. The number of carbonyl (C=O) groups excluding carboxylic acids is 1. The van der Waals surface area contributed by atoms with Crippen LogP contribution in [0.4, 0.5) is 0 Å². The van der Waals surface area contributed by atoms with Crippen molar-refractivity contribution in [2.75, 3.05) is 6.61 Å². The Bertz CT molecular complexity index is 467. The summed E-state index contributed by atoms with van der Waals surface area (Å²) in [5.74, 6) is 0.133. The summed E-state index contributed by atoms with van der Waals surface area (Å²) in [6, 6.07) is 9.85. The molecule has 1 saturated heterocycles. The number of nitrogens with one attached hydrogen (secondary N) is 1. The molecule has 4 atom stereocenters. The number of aliphatic hydroxyl groups excluding tert-OH is 1. The average molecular weight is 304 g/mol. The summed E-state index contributed by atoms with van der Waals surface area (Å²) in [5, 5.41) is 12.9. The molecule has 1 fully saturated rings. The number of hydrogen-bond donors (Lipinski definition) is 2. The molecule has 0 aromatic heterocycles. The summed E-state index contributed by atoms with van der Waals surface area (Å²) < 4.78 is 0. The fraction of sp³-hybridized carbons (Fsp3) is 0.611. The van der Waals surface area contributed by atoms with Crippen LogP contribution >= 0.6 is 0 Å². The van der Waals surface area contributed by atoms with Gasteiger partial charge in [-0.15, -0.1) is 0 Å². The van der Waals surface area contributed by atoms with Gasteiger partial charge < -0.3 is 10.0 Å². The second-order valence-corrected chi connectivity index (χ2v) is 6.41. The van der Waals surface area contributed by atoms with E-state index in [1.807, 2.05) is 42.2 Å². The van der Waals surface area contributed by atoms with E-state index in [1.54, 1.807) is 0 Å². The van der Waals surface area contributed by atoms with Gasteiger partial charge in [0.1, 0.15) is 0 Å². The van der Waals surface area contributed by atoms with Gasteiger partial charge in [-0.25, -0.2) is 0 Å². The van der Waals surface area contributed by atoms with E-state index in [0.29, 0.717) is 12.1 Å². The minimum atomic E-state index is -0.305. The minimum Gasteiger partial charge on any atom is -0.394 e. The zero-order valence-corrected chi connectivity index (χ0v) is 13.8. The Labute approximate surface area is 133 Å². The largest absolute Gasteiger partial charge is 0.394 e. The van der Waals surface area contributed by atoms with Gasteiger partial charge in [0.05, 0.1) is 18.7 Å². The monoisotopic (exact) mass is 304 g/mol. The van der Waals surface area contributed by atoms with Crippen LogP contribution in [0.1, 0.15) is 51.6 Å². The van der Waals surface area contributed by atoms with Crippen LogP contribution in [-0.4, -0.2) is 40.6 Å². The van der Waals surface area contributed by atoms with Crippen molar-refractivity contribution in [3.05, 3.63) is 35.9 Å². The van der Waals surface area contributed by atoms with Crippen molar-refractivity contribution in [3.8, 4) is 0 Å². The maximum Gasteiger partial charge on any atom is 0.239 e. The van der Waals surface area contributed by atoms with E-state index in [1.165, 1.54) is 6.42 Å². The number of carbonyl (C=O) groups is 1. The van der Waals surface area contributed by atoms with E-state index in [4.69, 9.17) is 0 Å². The third-order valence-corrected chi connectivity index (χ3v) is 4.65. The minimum absolute atomic E-state index is 0.0211. The van der Waals surface area contributed by atoms with Gasteiger partial charge in [-0.05, 0) is 45.6 Å². The Balaban J connectivity index is 2.03. The van der Waals surface area contributed by atoms with Crippen LogP contribution in [0.25, 0.3) is 0 Å². The summed E-state index contributed by atoms with van der Waals surface area (Å²) in [4.78, 5) is 14.8. The van der Waals surface area contributed by atoms with Crippen LogP contribution < -0.4 is 5.32 Å². The first-order valence-electron chi connectivity index (χ1n) is 8.28. The molecular weight excluding hydrogens is 276 g/mol. The molecule has 4 heteroatoms.